The number of ether oxygens (including phenoxy) is 1. The average Bonchev–Trinajstić information content (AvgIpc) is 2.71. The first-order valence-electron chi connectivity index (χ1n) is 5.62. The van der Waals surface area contributed by atoms with Gasteiger partial charge in [0.2, 0.25) is 5.88 Å². The van der Waals surface area contributed by atoms with Crippen LogP contribution >= 0.6 is 0 Å². The van der Waals surface area contributed by atoms with Crippen molar-refractivity contribution < 1.29 is 4.74 Å². The van der Waals surface area contributed by atoms with Crippen LogP contribution in [-0.4, -0.2) is 11.1 Å². The Bertz CT molecular complexity index is 332. The van der Waals surface area contributed by atoms with Crippen molar-refractivity contribution in [1.82, 2.24) is 4.98 Å². The highest BCUT2D eigenvalue weighted by atomic mass is 16.5. The molecular weight excluding hydrogens is 188 g/mol. The van der Waals surface area contributed by atoms with E-state index in [4.69, 9.17) is 10.5 Å². The maximum absolute atomic E-state index is 5.89. The number of aryl methyl sites for hydroxylation is 1. The van der Waals surface area contributed by atoms with Crippen LogP contribution in [0.3, 0.4) is 0 Å². The number of hydrogen-bond donors (Lipinski definition) is 1. The van der Waals surface area contributed by atoms with E-state index in [-0.39, 0.29) is 0 Å². The summed E-state index contributed by atoms with van der Waals surface area (Å²) in [4.78, 5) is 4.27. The highest BCUT2D eigenvalue weighted by Gasteiger charge is 2.18. The molecule has 15 heavy (non-hydrogen) atoms. The monoisotopic (exact) mass is 206 g/mol. The summed E-state index contributed by atoms with van der Waals surface area (Å²) < 4.78 is 5.89. The summed E-state index contributed by atoms with van der Waals surface area (Å²) >= 11 is 0. The summed E-state index contributed by atoms with van der Waals surface area (Å²) in [5.41, 5.74) is 7.92. The third-order valence-electron chi connectivity index (χ3n) is 3.04. The molecule has 0 bridgehead atoms. The SMILES string of the molecule is Cc1ccnc(OC2CCCC2)c1CN. The Morgan fingerprint density at radius 1 is 1.47 bits per heavy atom. The lowest BCUT2D eigenvalue weighted by Crippen LogP contribution is -2.15. The van der Waals surface area contributed by atoms with Gasteiger partial charge < -0.3 is 10.5 Å². The molecule has 0 radical (unpaired) electrons. The minimum absolute atomic E-state index is 0.351. The first-order chi connectivity index (χ1) is 7.31. The van der Waals surface area contributed by atoms with Crippen molar-refractivity contribution in [1.29, 1.82) is 0 Å². The van der Waals surface area contributed by atoms with E-state index < -0.39 is 0 Å². The quantitative estimate of drug-likeness (QED) is 0.824. The molecule has 1 aliphatic carbocycles. The molecule has 0 aromatic carbocycles. The molecule has 0 amide bonds. The highest BCUT2D eigenvalue weighted by molar-refractivity contribution is 5.33. The fraction of sp³-hybridized carbons (Fsp3) is 0.583. The molecule has 0 saturated heterocycles. The second-order valence-electron chi connectivity index (χ2n) is 4.14. The Morgan fingerprint density at radius 2 is 2.20 bits per heavy atom. The fourth-order valence-corrected chi connectivity index (χ4v) is 2.08. The number of nitrogens with zero attached hydrogens (tertiary/aromatic N) is 1. The van der Waals surface area contributed by atoms with Crippen molar-refractivity contribution in [3.8, 4) is 5.88 Å². The zero-order valence-corrected chi connectivity index (χ0v) is 9.20. The Balaban J connectivity index is 2.15. The van der Waals surface area contributed by atoms with E-state index >= 15 is 0 Å². The molecule has 3 nitrogen and oxygen atoms in total. The first kappa shape index (κ1) is 10.4. The second-order valence-corrected chi connectivity index (χ2v) is 4.14. The van der Waals surface area contributed by atoms with Crippen LogP contribution in [0.4, 0.5) is 0 Å². The molecule has 1 heterocycles. The van der Waals surface area contributed by atoms with E-state index in [1.807, 2.05) is 13.0 Å². The topological polar surface area (TPSA) is 48.1 Å². The average molecular weight is 206 g/mol. The number of hydrogen-bond acceptors (Lipinski definition) is 3. The largest absolute Gasteiger partial charge is 0.474 e. The molecule has 1 aliphatic rings. The van der Waals surface area contributed by atoms with E-state index in [0.717, 1.165) is 24.3 Å². The lowest BCUT2D eigenvalue weighted by molar-refractivity contribution is 0.199. The van der Waals surface area contributed by atoms with Gasteiger partial charge >= 0.3 is 0 Å². The van der Waals surface area contributed by atoms with Crippen molar-refractivity contribution in [2.45, 2.75) is 45.3 Å². The van der Waals surface area contributed by atoms with E-state index in [1.54, 1.807) is 6.20 Å². The van der Waals surface area contributed by atoms with Crippen LogP contribution in [0, 0.1) is 6.92 Å². The normalized spacial score (nSPS) is 16.9. The van der Waals surface area contributed by atoms with Gasteiger partial charge in [-0.2, -0.15) is 0 Å². The van der Waals surface area contributed by atoms with Gasteiger partial charge in [0.25, 0.3) is 0 Å². The zero-order chi connectivity index (χ0) is 10.7. The number of nitrogens with two attached hydrogens (primary N) is 1. The van der Waals surface area contributed by atoms with Crippen molar-refractivity contribution in [3.63, 3.8) is 0 Å². The van der Waals surface area contributed by atoms with Gasteiger partial charge in [0.15, 0.2) is 0 Å². The van der Waals surface area contributed by atoms with Crippen LogP contribution in [0.1, 0.15) is 36.8 Å². The molecule has 2 N–H and O–H groups in total. The molecule has 0 unspecified atom stereocenters. The van der Waals surface area contributed by atoms with Crippen LogP contribution in [0.15, 0.2) is 12.3 Å². The standard InChI is InChI=1S/C12H18N2O/c1-9-6-7-14-12(11(9)8-13)15-10-4-2-3-5-10/h6-7,10H,2-5,8,13H2,1H3. The minimum Gasteiger partial charge on any atom is -0.474 e. The summed E-state index contributed by atoms with van der Waals surface area (Å²) in [7, 11) is 0. The number of aromatic nitrogens is 1. The fourth-order valence-electron chi connectivity index (χ4n) is 2.08. The maximum Gasteiger partial charge on any atom is 0.218 e. The lowest BCUT2D eigenvalue weighted by atomic mass is 10.1. The summed E-state index contributed by atoms with van der Waals surface area (Å²) in [6.07, 6.45) is 6.99. The zero-order valence-electron chi connectivity index (χ0n) is 9.20. The Labute approximate surface area is 90.7 Å². The van der Waals surface area contributed by atoms with Crippen molar-refractivity contribution in [2.24, 2.45) is 5.73 Å². The van der Waals surface area contributed by atoms with Crippen LogP contribution in [0.5, 0.6) is 5.88 Å². The maximum atomic E-state index is 5.89. The van der Waals surface area contributed by atoms with E-state index in [2.05, 4.69) is 4.98 Å². The Hall–Kier alpha value is -1.09. The Morgan fingerprint density at radius 3 is 2.87 bits per heavy atom. The summed E-state index contributed by atoms with van der Waals surface area (Å²) in [5, 5.41) is 0. The van der Waals surface area contributed by atoms with Crippen molar-refractivity contribution >= 4 is 0 Å². The van der Waals surface area contributed by atoms with Gasteiger partial charge in [-0.05, 0) is 44.2 Å². The molecule has 2 rings (SSSR count). The molecule has 1 aromatic rings. The predicted molar refractivity (Wildman–Crippen MR) is 59.7 cm³/mol. The third-order valence-corrected chi connectivity index (χ3v) is 3.04. The minimum atomic E-state index is 0.351. The van der Waals surface area contributed by atoms with Crippen LogP contribution < -0.4 is 10.5 Å². The predicted octanol–water partition coefficient (Wildman–Crippen LogP) is 2.17. The molecule has 0 spiro atoms. The summed E-state index contributed by atoms with van der Waals surface area (Å²) in [6.45, 7) is 2.55. The van der Waals surface area contributed by atoms with Gasteiger partial charge in [-0.25, -0.2) is 4.98 Å². The van der Waals surface area contributed by atoms with Gasteiger partial charge in [-0.15, -0.1) is 0 Å². The summed E-state index contributed by atoms with van der Waals surface area (Å²) in [6, 6.07) is 1.98. The van der Waals surface area contributed by atoms with Crippen molar-refractivity contribution in [3.05, 3.63) is 23.4 Å². The molecular formula is C12H18N2O. The lowest BCUT2D eigenvalue weighted by Gasteiger charge is -2.15. The van der Waals surface area contributed by atoms with Crippen molar-refractivity contribution in [2.75, 3.05) is 0 Å². The van der Waals surface area contributed by atoms with Gasteiger partial charge in [0, 0.05) is 18.3 Å². The van der Waals surface area contributed by atoms with Crippen LogP contribution in [-0.2, 0) is 6.54 Å². The molecule has 0 aliphatic heterocycles. The van der Waals surface area contributed by atoms with Gasteiger partial charge in [-0.1, -0.05) is 0 Å². The van der Waals surface area contributed by atoms with Crippen LogP contribution in [0.2, 0.25) is 0 Å². The molecule has 1 fully saturated rings. The molecule has 82 valence electrons. The number of rotatable bonds is 3. The molecule has 1 aromatic heterocycles. The van der Waals surface area contributed by atoms with E-state index in [1.165, 1.54) is 18.4 Å². The highest BCUT2D eigenvalue weighted by Crippen LogP contribution is 2.26. The van der Waals surface area contributed by atoms with E-state index in [9.17, 15) is 0 Å². The van der Waals surface area contributed by atoms with Gasteiger partial charge in [0.1, 0.15) is 6.10 Å². The second kappa shape index (κ2) is 4.62. The molecule has 1 saturated carbocycles. The third kappa shape index (κ3) is 2.29. The molecule has 0 atom stereocenters. The van der Waals surface area contributed by atoms with Gasteiger partial charge in [0.05, 0.1) is 0 Å². The summed E-state index contributed by atoms with van der Waals surface area (Å²) in [5.74, 6) is 0.740. The first-order valence-corrected chi connectivity index (χ1v) is 5.62. The van der Waals surface area contributed by atoms with Gasteiger partial charge in [-0.3, -0.25) is 0 Å². The number of pyridine rings is 1. The van der Waals surface area contributed by atoms with Crippen LogP contribution in [0.25, 0.3) is 0 Å². The molecule has 3 heteroatoms. The Kier molecular flexibility index (Phi) is 3.21. The van der Waals surface area contributed by atoms with E-state index in [0.29, 0.717) is 12.6 Å². The smallest absolute Gasteiger partial charge is 0.218 e.